The Labute approximate surface area is 211 Å². The number of H-pyrrole nitrogens is 1. The van der Waals surface area contributed by atoms with Gasteiger partial charge in [0, 0.05) is 11.1 Å². The van der Waals surface area contributed by atoms with Gasteiger partial charge < -0.3 is 5.73 Å². The minimum atomic E-state index is -4.60. The van der Waals surface area contributed by atoms with E-state index >= 15 is 0 Å². The molecule has 0 saturated heterocycles. The molecule has 12 nitrogen and oxygen atoms in total. The minimum absolute atomic E-state index is 0.0954. The van der Waals surface area contributed by atoms with Gasteiger partial charge in [-0.1, -0.05) is 48.8 Å². The molecule has 15 heteroatoms. The second-order valence-electron chi connectivity index (χ2n) is 9.03. The number of hydrogen-bond acceptors (Lipinski definition) is 10. The SMILES string of the molecule is CC1(NS(=O)(=O)c2ccc(-c3cccc4sc(N)nc34)c(-c3nn[nH]n3)c2S(N)(=O)=O)CCCCC1. The number of anilines is 1. The first-order valence-corrected chi connectivity index (χ1v) is 15.0. The van der Waals surface area contributed by atoms with Crippen LogP contribution in [0.3, 0.4) is 0 Å². The Bertz CT molecular complexity index is 1660. The number of tetrazole rings is 1. The number of aromatic amines is 1. The van der Waals surface area contributed by atoms with Crippen LogP contribution in [0.15, 0.2) is 40.1 Å². The van der Waals surface area contributed by atoms with Crippen LogP contribution in [-0.4, -0.2) is 48.0 Å². The number of benzene rings is 2. The molecule has 2 aromatic heterocycles. The molecule has 2 aromatic carbocycles. The lowest BCUT2D eigenvalue weighted by atomic mass is 9.84. The van der Waals surface area contributed by atoms with E-state index in [9.17, 15) is 16.8 Å². The zero-order chi connectivity index (χ0) is 25.7. The molecule has 4 aromatic rings. The van der Waals surface area contributed by atoms with Gasteiger partial charge in [0.1, 0.15) is 9.79 Å². The van der Waals surface area contributed by atoms with Crippen molar-refractivity contribution in [1.82, 2.24) is 30.3 Å². The topological polar surface area (TPSA) is 200 Å². The third kappa shape index (κ3) is 4.48. The van der Waals surface area contributed by atoms with Crippen molar-refractivity contribution in [2.45, 2.75) is 54.4 Å². The van der Waals surface area contributed by atoms with E-state index in [0.29, 0.717) is 34.6 Å². The summed E-state index contributed by atoms with van der Waals surface area (Å²) in [5.74, 6) is -0.129. The Balaban J connectivity index is 1.80. The van der Waals surface area contributed by atoms with Crippen LogP contribution in [0.5, 0.6) is 0 Å². The number of para-hydroxylation sites is 1. The fourth-order valence-corrected chi connectivity index (χ4v) is 8.60. The normalized spacial score (nSPS) is 16.4. The molecule has 190 valence electrons. The number of rotatable bonds is 6. The van der Waals surface area contributed by atoms with Crippen molar-refractivity contribution in [3.63, 3.8) is 0 Å². The summed E-state index contributed by atoms with van der Waals surface area (Å²) in [7, 11) is -8.91. The van der Waals surface area contributed by atoms with Crippen molar-refractivity contribution >= 4 is 46.7 Å². The summed E-state index contributed by atoms with van der Waals surface area (Å²) in [6.07, 6.45) is 4.03. The lowest BCUT2D eigenvalue weighted by Gasteiger charge is -2.34. The summed E-state index contributed by atoms with van der Waals surface area (Å²) in [4.78, 5) is 3.28. The second-order valence-corrected chi connectivity index (χ2v) is 13.2. The van der Waals surface area contributed by atoms with Crippen molar-refractivity contribution in [2.24, 2.45) is 5.14 Å². The standard InChI is InChI=1S/C21H24N8O4S3/c1-21(10-3-2-4-11-21)27-36(32,33)15-9-8-12(13-6-5-7-14-17(13)24-20(22)34-14)16(18(15)35(23,30)31)19-25-28-29-26-19/h5-9,27H,2-4,10-11H2,1H3,(H2,22,24)(H2,23,30,31)(H,25,26,28,29). The number of hydrogen-bond donors (Lipinski definition) is 4. The number of thiazole rings is 1. The lowest BCUT2D eigenvalue weighted by molar-refractivity contribution is 0.293. The van der Waals surface area contributed by atoms with Gasteiger partial charge in [0.15, 0.2) is 5.13 Å². The summed E-state index contributed by atoms with van der Waals surface area (Å²) in [5.41, 5.74) is 6.47. The highest BCUT2D eigenvalue weighted by molar-refractivity contribution is 7.92. The number of nitrogens with one attached hydrogen (secondary N) is 2. The smallest absolute Gasteiger partial charge is 0.242 e. The van der Waals surface area contributed by atoms with E-state index in [-0.39, 0.29) is 11.4 Å². The Morgan fingerprint density at radius 3 is 2.47 bits per heavy atom. The molecule has 0 unspecified atom stereocenters. The van der Waals surface area contributed by atoms with Crippen LogP contribution < -0.4 is 15.6 Å². The van der Waals surface area contributed by atoms with E-state index in [0.717, 1.165) is 24.0 Å². The van der Waals surface area contributed by atoms with Crippen molar-refractivity contribution in [2.75, 3.05) is 5.73 Å². The molecule has 0 radical (unpaired) electrons. The molecule has 1 fully saturated rings. The van der Waals surface area contributed by atoms with Crippen LogP contribution in [0.2, 0.25) is 0 Å². The van der Waals surface area contributed by atoms with Crippen molar-refractivity contribution in [3.8, 4) is 22.5 Å². The van der Waals surface area contributed by atoms with E-state index < -0.39 is 35.4 Å². The van der Waals surface area contributed by atoms with E-state index in [2.05, 4.69) is 30.3 Å². The molecule has 0 aliphatic heterocycles. The van der Waals surface area contributed by atoms with Gasteiger partial charge in [-0.15, -0.1) is 10.2 Å². The molecule has 0 atom stereocenters. The van der Waals surface area contributed by atoms with Crippen LogP contribution in [-0.2, 0) is 20.0 Å². The molecule has 5 rings (SSSR count). The van der Waals surface area contributed by atoms with Gasteiger partial charge in [-0.05, 0) is 42.7 Å². The van der Waals surface area contributed by atoms with Crippen molar-refractivity contribution in [1.29, 1.82) is 0 Å². The van der Waals surface area contributed by atoms with Crippen LogP contribution >= 0.6 is 11.3 Å². The number of nitrogen functional groups attached to an aromatic ring is 1. The second kappa shape index (κ2) is 8.85. The quantitative estimate of drug-likeness (QED) is 0.279. The first kappa shape index (κ1) is 24.7. The number of nitrogens with two attached hydrogens (primary N) is 2. The molecular formula is C21H24N8O4S3. The van der Waals surface area contributed by atoms with Gasteiger partial charge >= 0.3 is 0 Å². The van der Waals surface area contributed by atoms with E-state index in [1.54, 1.807) is 12.1 Å². The molecule has 0 spiro atoms. The molecule has 1 aliphatic carbocycles. The Kier molecular flexibility index (Phi) is 6.07. The summed E-state index contributed by atoms with van der Waals surface area (Å²) in [6, 6.07) is 8.06. The van der Waals surface area contributed by atoms with E-state index in [4.69, 9.17) is 10.9 Å². The van der Waals surface area contributed by atoms with Crippen LogP contribution in [0.4, 0.5) is 5.13 Å². The maximum absolute atomic E-state index is 13.6. The highest BCUT2D eigenvalue weighted by Gasteiger charge is 2.37. The van der Waals surface area contributed by atoms with Gasteiger partial charge in [-0.25, -0.2) is 31.7 Å². The Morgan fingerprint density at radius 1 is 1.06 bits per heavy atom. The first-order valence-electron chi connectivity index (χ1n) is 11.1. The highest BCUT2D eigenvalue weighted by Crippen LogP contribution is 2.42. The zero-order valence-corrected chi connectivity index (χ0v) is 21.7. The highest BCUT2D eigenvalue weighted by atomic mass is 32.2. The number of aromatic nitrogens is 5. The molecule has 1 saturated carbocycles. The van der Waals surface area contributed by atoms with Gasteiger partial charge in [0.05, 0.1) is 15.8 Å². The average molecular weight is 549 g/mol. The Morgan fingerprint density at radius 2 is 1.81 bits per heavy atom. The number of fused-ring (bicyclic) bond motifs is 1. The molecule has 6 N–H and O–H groups in total. The van der Waals surface area contributed by atoms with Gasteiger partial charge in [-0.2, -0.15) is 5.21 Å². The molecule has 0 amide bonds. The summed E-state index contributed by atoms with van der Waals surface area (Å²) in [6.45, 7) is 1.82. The third-order valence-electron chi connectivity index (χ3n) is 6.33. The number of nitrogens with zero attached hydrogens (tertiary/aromatic N) is 4. The fourth-order valence-electron chi connectivity index (χ4n) is 4.77. The largest absolute Gasteiger partial charge is 0.375 e. The van der Waals surface area contributed by atoms with Gasteiger partial charge in [0.2, 0.25) is 25.9 Å². The monoisotopic (exact) mass is 548 g/mol. The maximum Gasteiger partial charge on any atom is 0.242 e. The van der Waals surface area contributed by atoms with E-state index in [1.165, 1.54) is 23.5 Å². The molecule has 36 heavy (non-hydrogen) atoms. The number of primary sulfonamides is 1. The third-order valence-corrected chi connectivity index (χ3v) is 9.98. The van der Waals surface area contributed by atoms with Crippen LogP contribution in [0, 0.1) is 0 Å². The van der Waals surface area contributed by atoms with Gasteiger partial charge in [-0.3, -0.25) is 0 Å². The van der Waals surface area contributed by atoms with Crippen molar-refractivity contribution < 1.29 is 16.8 Å². The maximum atomic E-state index is 13.6. The van der Waals surface area contributed by atoms with Crippen molar-refractivity contribution in [3.05, 3.63) is 30.3 Å². The minimum Gasteiger partial charge on any atom is -0.375 e. The summed E-state index contributed by atoms with van der Waals surface area (Å²) in [5, 5.41) is 19.7. The Hall–Kier alpha value is -2.98. The summed E-state index contributed by atoms with van der Waals surface area (Å²) >= 11 is 1.27. The first-order chi connectivity index (χ1) is 17.0. The average Bonchev–Trinajstić information content (AvgIpc) is 3.46. The van der Waals surface area contributed by atoms with Gasteiger partial charge in [0.25, 0.3) is 0 Å². The molecule has 2 heterocycles. The molecule has 1 aliphatic rings. The van der Waals surface area contributed by atoms with Crippen LogP contribution in [0.25, 0.3) is 32.7 Å². The lowest BCUT2D eigenvalue weighted by Crippen LogP contribution is -2.47. The van der Waals surface area contributed by atoms with Crippen LogP contribution in [0.1, 0.15) is 39.0 Å². The predicted molar refractivity (Wildman–Crippen MR) is 136 cm³/mol. The van der Waals surface area contributed by atoms with E-state index in [1.807, 2.05) is 13.0 Å². The summed E-state index contributed by atoms with van der Waals surface area (Å²) < 4.78 is 56.8. The predicted octanol–water partition coefficient (Wildman–Crippen LogP) is 2.37. The molecule has 0 bridgehead atoms. The fraction of sp³-hybridized carbons (Fsp3) is 0.333. The number of sulfonamides is 2. The zero-order valence-electron chi connectivity index (χ0n) is 19.2. The molecular weight excluding hydrogens is 524 g/mol.